The van der Waals surface area contributed by atoms with Crippen molar-refractivity contribution >= 4 is 0 Å². The van der Waals surface area contributed by atoms with Crippen molar-refractivity contribution in [1.29, 1.82) is 0 Å². The Balaban J connectivity index is 1.62. The van der Waals surface area contributed by atoms with Crippen LogP contribution in [0.2, 0.25) is 0 Å². The Bertz CT molecular complexity index is 315. The van der Waals surface area contributed by atoms with E-state index in [1.807, 2.05) is 18.5 Å². The minimum Gasteiger partial charge on any atom is -0.316 e. The molecule has 15 heavy (non-hydrogen) atoms. The third-order valence-corrected chi connectivity index (χ3v) is 3.45. The summed E-state index contributed by atoms with van der Waals surface area (Å²) in [7, 11) is 0. The van der Waals surface area contributed by atoms with Crippen LogP contribution < -0.4 is 5.32 Å². The molecule has 80 valence electrons. The van der Waals surface area contributed by atoms with Crippen molar-refractivity contribution < 1.29 is 0 Å². The van der Waals surface area contributed by atoms with Crippen LogP contribution in [0.25, 0.3) is 0 Å². The highest BCUT2D eigenvalue weighted by molar-refractivity contribution is 4.94. The number of rotatable bonds is 2. The maximum absolute atomic E-state index is 4.27. The summed E-state index contributed by atoms with van der Waals surface area (Å²) in [6.07, 6.45) is 3.64. The summed E-state index contributed by atoms with van der Waals surface area (Å²) in [5.74, 6) is 2.66. The molecule has 1 N–H and O–H groups in total. The average molecular weight is 204 g/mol. The van der Waals surface area contributed by atoms with Crippen molar-refractivity contribution in [2.24, 2.45) is 11.8 Å². The van der Waals surface area contributed by atoms with Gasteiger partial charge in [-0.2, -0.15) is 0 Å². The van der Waals surface area contributed by atoms with Gasteiger partial charge in [0.25, 0.3) is 0 Å². The molecule has 1 aromatic rings. The van der Waals surface area contributed by atoms with Crippen molar-refractivity contribution in [3.8, 4) is 0 Å². The first-order chi connectivity index (χ1) is 7.42. The summed E-state index contributed by atoms with van der Waals surface area (Å²) in [4.78, 5) is 11.0. The van der Waals surface area contributed by atoms with Crippen LogP contribution in [-0.2, 0) is 6.54 Å². The van der Waals surface area contributed by atoms with Gasteiger partial charge in [-0.3, -0.25) is 4.90 Å². The second-order valence-electron chi connectivity index (χ2n) is 4.54. The van der Waals surface area contributed by atoms with Crippen LogP contribution in [0, 0.1) is 11.8 Å². The first-order valence-electron chi connectivity index (χ1n) is 5.61. The summed E-state index contributed by atoms with van der Waals surface area (Å²) in [5, 5.41) is 3.45. The zero-order chi connectivity index (χ0) is 10.1. The fourth-order valence-corrected chi connectivity index (χ4v) is 2.69. The van der Waals surface area contributed by atoms with E-state index >= 15 is 0 Å². The van der Waals surface area contributed by atoms with Crippen molar-refractivity contribution in [3.05, 3.63) is 24.3 Å². The maximum atomic E-state index is 4.27. The van der Waals surface area contributed by atoms with E-state index < -0.39 is 0 Å². The smallest absolute Gasteiger partial charge is 0.142 e. The van der Waals surface area contributed by atoms with Crippen molar-refractivity contribution in [1.82, 2.24) is 20.2 Å². The second kappa shape index (κ2) is 3.87. The minimum atomic E-state index is 0.855. The monoisotopic (exact) mass is 204 g/mol. The predicted octanol–water partition coefficient (Wildman–Crippen LogP) is 0.128. The van der Waals surface area contributed by atoms with E-state index in [9.17, 15) is 0 Å². The van der Waals surface area contributed by atoms with Crippen LogP contribution in [0.4, 0.5) is 0 Å². The Morgan fingerprint density at radius 3 is 2.53 bits per heavy atom. The average Bonchev–Trinajstić information content (AvgIpc) is 2.79. The molecule has 3 heterocycles. The molecule has 2 aliphatic rings. The molecule has 1 aromatic heterocycles. The predicted molar refractivity (Wildman–Crippen MR) is 57.2 cm³/mol. The van der Waals surface area contributed by atoms with Gasteiger partial charge in [0.2, 0.25) is 0 Å². The first-order valence-corrected chi connectivity index (χ1v) is 5.61. The van der Waals surface area contributed by atoms with Crippen molar-refractivity contribution in [3.63, 3.8) is 0 Å². The molecule has 2 aliphatic heterocycles. The Labute approximate surface area is 89.7 Å². The lowest BCUT2D eigenvalue weighted by molar-refractivity contribution is 0.298. The van der Waals surface area contributed by atoms with Crippen LogP contribution in [0.1, 0.15) is 5.82 Å². The number of likely N-dealkylation sites (tertiary alicyclic amines) is 1. The SMILES string of the molecule is c1cnc(CN2C[C@H]3CNC[C@H]3C2)nc1. The minimum absolute atomic E-state index is 0.855. The summed E-state index contributed by atoms with van der Waals surface area (Å²) in [5.41, 5.74) is 0. The molecule has 0 radical (unpaired) electrons. The topological polar surface area (TPSA) is 41.1 Å². The molecule has 0 aliphatic carbocycles. The van der Waals surface area contributed by atoms with E-state index in [-0.39, 0.29) is 0 Å². The van der Waals surface area contributed by atoms with E-state index in [1.54, 1.807) is 0 Å². The largest absolute Gasteiger partial charge is 0.316 e. The van der Waals surface area contributed by atoms with E-state index in [0.717, 1.165) is 24.2 Å². The van der Waals surface area contributed by atoms with Gasteiger partial charge in [-0.15, -0.1) is 0 Å². The number of nitrogens with one attached hydrogen (secondary N) is 1. The third kappa shape index (κ3) is 1.87. The third-order valence-electron chi connectivity index (χ3n) is 3.45. The van der Waals surface area contributed by atoms with Gasteiger partial charge < -0.3 is 5.32 Å². The van der Waals surface area contributed by atoms with Crippen LogP contribution in [0.15, 0.2) is 18.5 Å². The van der Waals surface area contributed by atoms with Crippen LogP contribution >= 0.6 is 0 Å². The summed E-state index contributed by atoms with van der Waals surface area (Å²) >= 11 is 0. The lowest BCUT2D eigenvalue weighted by Gasteiger charge is -2.15. The summed E-state index contributed by atoms with van der Waals surface area (Å²) in [6, 6.07) is 1.87. The van der Waals surface area contributed by atoms with Crippen LogP contribution in [-0.4, -0.2) is 41.0 Å². The second-order valence-corrected chi connectivity index (χ2v) is 4.54. The van der Waals surface area contributed by atoms with E-state index in [4.69, 9.17) is 0 Å². The van der Waals surface area contributed by atoms with Gasteiger partial charge >= 0.3 is 0 Å². The van der Waals surface area contributed by atoms with Gasteiger partial charge in [0, 0.05) is 25.5 Å². The van der Waals surface area contributed by atoms with Gasteiger partial charge in [0.1, 0.15) is 5.82 Å². The molecule has 0 spiro atoms. The lowest BCUT2D eigenvalue weighted by Crippen LogP contribution is -2.26. The first kappa shape index (κ1) is 9.24. The fourth-order valence-electron chi connectivity index (χ4n) is 2.69. The van der Waals surface area contributed by atoms with Gasteiger partial charge in [0.05, 0.1) is 6.54 Å². The molecule has 4 nitrogen and oxygen atoms in total. The summed E-state index contributed by atoms with van der Waals surface area (Å²) in [6.45, 7) is 5.70. The Morgan fingerprint density at radius 1 is 1.20 bits per heavy atom. The van der Waals surface area contributed by atoms with Gasteiger partial charge in [0.15, 0.2) is 0 Å². The van der Waals surface area contributed by atoms with Crippen LogP contribution in [0.5, 0.6) is 0 Å². The normalized spacial score (nSPS) is 30.7. The molecule has 4 heteroatoms. The molecule has 2 atom stereocenters. The van der Waals surface area contributed by atoms with Crippen LogP contribution in [0.3, 0.4) is 0 Å². The number of aromatic nitrogens is 2. The standard InChI is InChI=1S/C11H16N4/c1-2-13-11(14-3-1)8-15-6-9-4-12-5-10(9)7-15/h1-3,9-10,12H,4-8H2/t9-,10+. The number of hydrogen-bond acceptors (Lipinski definition) is 4. The van der Waals surface area contributed by atoms with Gasteiger partial charge in [-0.1, -0.05) is 0 Å². The molecule has 0 bridgehead atoms. The zero-order valence-corrected chi connectivity index (χ0v) is 8.76. The number of hydrogen-bond donors (Lipinski definition) is 1. The Morgan fingerprint density at radius 2 is 1.87 bits per heavy atom. The summed E-state index contributed by atoms with van der Waals surface area (Å²) < 4.78 is 0. The number of nitrogens with zero attached hydrogens (tertiary/aromatic N) is 3. The number of fused-ring (bicyclic) bond motifs is 1. The molecule has 3 rings (SSSR count). The fraction of sp³-hybridized carbons (Fsp3) is 0.636. The Hall–Kier alpha value is -1.00. The quantitative estimate of drug-likeness (QED) is 0.743. The highest BCUT2D eigenvalue weighted by Gasteiger charge is 2.35. The van der Waals surface area contributed by atoms with Crippen molar-refractivity contribution in [2.45, 2.75) is 6.54 Å². The highest BCUT2D eigenvalue weighted by atomic mass is 15.2. The lowest BCUT2D eigenvalue weighted by atomic mass is 10.0. The molecular formula is C11H16N4. The van der Waals surface area contributed by atoms with E-state index in [2.05, 4.69) is 20.2 Å². The highest BCUT2D eigenvalue weighted by Crippen LogP contribution is 2.26. The molecule has 2 saturated heterocycles. The zero-order valence-electron chi connectivity index (χ0n) is 8.76. The molecule has 0 amide bonds. The molecule has 0 saturated carbocycles. The van der Waals surface area contributed by atoms with E-state index in [1.165, 1.54) is 26.2 Å². The molecule has 2 fully saturated rings. The molecule has 0 aromatic carbocycles. The molecule has 0 unspecified atom stereocenters. The van der Waals surface area contributed by atoms with Gasteiger partial charge in [-0.25, -0.2) is 9.97 Å². The van der Waals surface area contributed by atoms with Crippen molar-refractivity contribution in [2.75, 3.05) is 26.2 Å². The Kier molecular flexibility index (Phi) is 2.38. The molecular weight excluding hydrogens is 188 g/mol. The van der Waals surface area contributed by atoms with E-state index in [0.29, 0.717) is 0 Å². The van der Waals surface area contributed by atoms with Gasteiger partial charge in [-0.05, 0) is 31.0 Å². The maximum Gasteiger partial charge on any atom is 0.142 e.